The van der Waals surface area contributed by atoms with Crippen LogP contribution in [0.1, 0.15) is 70.9 Å². The molecule has 6 rings (SSSR count). The van der Waals surface area contributed by atoms with Crippen LogP contribution in [0.5, 0.6) is 5.75 Å². The number of morpholine rings is 1. The number of hydrogen-bond donors (Lipinski definition) is 2. The summed E-state index contributed by atoms with van der Waals surface area (Å²) in [5.41, 5.74) is 0.460. The van der Waals surface area contributed by atoms with Crippen LogP contribution in [0.15, 0.2) is 40.5 Å². The number of fused-ring (bicyclic) bond motifs is 1. The van der Waals surface area contributed by atoms with Crippen LogP contribution in [0.4, 0.5) is 30.7 Å². The van der Waals surface area contributed by atoms with Crippen LogP contribution in [0, 0.1) is 5.82 Å². The van der Waals surface area contributed by atoms with Gasteiger partial charge in [0.1, 0.15) is 23.1 Å². The molecular formula is C37H38F7N5O7S2. The average molecular weight is 862 g/mol. The second kappa shape index (κ2) is 17.4. The molecule has 2 aromatic heterocycles. The molecule has 2 N–H and O–H groups in total. The number of hydrogen-bond acceptors (Lipinski definition) is 12. The van der Waals surface area contributed by atoms with Gasteiger partial charge in [0.2, 0.25) is 0 Å². The van der Waals surface area contributed by atoms with E-state index in [1.807, 2.05) is 13.8 Å². The number of rotatable bonds is 12. The molecule has 1 atom stereocenters. The lowest BCUT2D eigenvalue weighted by atomic mass is 9.89. The highest BCUT2D eigenvalue weighted by molar-refractivity contribution is 7.16. The number of halogens is 7. The average Bonchev–Trinajstić information content (AvgIpc) is 3.82. The first kappa shape index (κ1) is 43.1. The van der Waals surface area contributed by atoms with Gasteiger partial charge in [-0.3, -0.25) is 14.5 Å². The molecule has 2 aliphatic heterocycles. The molecule has 0 radical (unpaired) electrons. The van der Waals surface area contributed by atoms with Gasteiger partial charge in [-0.05, 0) is 55.1 Å². The first-order valence-electron chi connectivity index (χ1n) is 18.1. The van der Waals surface area contributed by atoms with Crippen LogP contribution < -0.4 is 14.9 Å². The smallest absolute Gasteiger partial charge is 0.449 e. The Hall–Kier alpha value is -4.44. The zero-order valence-electron chi connectivity index (χ0n) is 31.1. The fourth-order valence-corrected chi connectivity index (χ4v) is 8.54. The minimum Gasteiger partial charge on any atom is -0.449 e. The summed E-state index contributed by atoms with van der Waals surface area (Å²) in [6, 6.07) is 6.46. The van der Waals surface area contributed by atoms with Gasteiger partial charge in [0.25, 0.3) is 5.91 Å². The number of carbonyl (C=O) groups is 3. The molecule has 2 aromatic carbocycles. The van der Waals surface area contributed by atoms with Crippen LogP contribution in [0.3, 0.4) is 0 Å². The number of esters is 2. The Morgan fingerprint density at radius 1 is 1.03 bits per heavy atom. The Balaban J connectivity index is 1.06. The largest absolute Gasteiger partial charge is 0.491 e. The van der Waals surface area contributed by atoms with Crippen molar-refractivity contribution in [2.24, 2.45) is 0 Å². The zero-order chi connectivity index (χ0) is 42.0. The van der Waals surface area contributed by atoms with E-state index in [1.165, 1.54) is 17.4 Å². The molecule has 0 aliphatic carbocycles. The molecule has 1 spiro atoms. The van der Waals surface area contributed by atoms with Gasteiger partial charge in [0, 0.05) is 49.6 Å². The quantitative estimate of drug-likeness (QED) is 0.0726. The predicted octanol–water partition coefficient (Wildman–Crippen LogP) is 6.26. The van der Waals surface area contributed by atoms with E-state index < -0.39 is 64.5 Å². The maximum atomic E-state index is 15.0. The highest BCUT2D eigenvalue weighted by Gasteiger charge is 2.44. The Kier molecular flexibility index (Phi) is 13.0. The molecule has 0 bridgehead atoms. The summed E-state index contributed by atoms with van der Waals surface area (Å²) in [6.07, 6.45) is -11.1. The fourth-order valence-electron chi connectivity index (χ4n) is 6.82. The number of carbonyl (C=O) groups excluding carboxylic acids is 3. The Morgan fingerprint density at radius 2 is 1.76 bits per heavy atom. The van der Waals surface area contributed by atoms with Crippen LogP contribution in [-0.2, 0) is 32.0 Å². The third-order valence-corrected chi connectivity index (χ3v) is 11.9. The first-order valence-corrected chi connectivity index (χ1v) is 19.8. The lowest BCUT2D eigenvalue weighted by Crippen LogP contribution is -2.58. The predicted molar refractivity (Wildman–Crippen MR) is 197 cm³/mol. The minimum atomic E-state index is -5.41. The maximum absolute atomic E-state index is 15.0. The fraction of sp³-hybridized carbons (Fsp3) is 0.486. The number of aromatic nitrogens is 2. The van der Waals surface area contributed by atoms with E-state index in [4.69, 9.17) is 9.47 Å². The molecule has 4 heterocycles. The number of thiazole rings is 2. The Labute approximate surface area is 334 Å². The number of benzene rings is 2. The standard InChI is InChI=1S/C37H38F7N5O7S2/c1-20(2)30-46-25(18-57-30)31(50)49-13-14-54-35(19-49)8-11-48(12-9-35)17-21-3-5-24(38)22(15-21)7-10-45-16-27(56-33(52)37(42,43)44)23-4-6-26(55-32(51)36(39,40)41)28-29(23)58-34(53)47-28/h3-6,15,18,20,27,45H,7-14,16-17,19H2,1-2H3,(H,47,53)/t27-/m0/s1. The molecule has 0 saturated carbocycles. The lowest BCUT2D eigenvalue weighted by molar-refractivity contribution is -0.205. The van der Waals surface area contributed by atoms with Crippen molar-refractivity contribution < 1.29 is 59.3 Å². The van der Waals surface area contributed by atoms with E-state index in [2.05, 4.69) is 24.9 Å². The van der Waals surface area contributed by atoms with Crippen molar-refractivity contribution in [1.29, 1.82) is 0 Å². The van der Waals surface area contributed by atoms with Gasteiger partial charge < -0.3 is 29.4 Å². The van der Waals surface area contributed by atoms with Crippen LogP contribution in [0.2, 0.25) is 0 Å². The van der Waals surface area contributed by atoms with Crippen molar-refractivity contribution in [3.8, 4) is 5.75 Å². The van der Waals surface area contributed by atoms with Crippen LogP contribution in [0.25, 0.3) is 10.2 Å². The third kappa shape index (κ3) is 10.2. The van der Waals surface area contributed by atoms with E-state index in [0.717, 1.165) is 22.7 Å². The summed E-state index contributed by atoms with van der Waals surface area (Å²) in [5, 5.41) is 5.54. The van der Waals surface area contributed by atoms with E-state index in [9.17, 15) is 49.9 Å². The molecule has 2 aliphatic rings. The van der Waals surface area contributed by atoms with E-state index in [1.54, 1.807) is 22.4 Å². The number of nitrogens with one attached hydrogen (secondary N) is 2. The lowest BCUT2D eigenvalue weighted by Gasteiger charge is -2.47. The summed E-state index contributed by atoms with van der Waals surface area (Å²) < 4.78 is 108. The number of piperidine rings is 1. The molecular weight excluding hydrogens is 824 g/mol. The monoisotopic (exact) mass is 861 g/mol. The number of ether oxygens (including phenoxy) is 3. The number of amides is 1. The van der Waals surface area contributed by atoms with Gasteiger partial charge in [0.15, 0.2) is 5.75 Å². The third-order valence-electron chi connectivity index (χ3n) is 9.79. The van der Waals surface area contributed by atoms with Gasteiger partial charge in [-0.2, -0.15) is 26.3 Å². The van der Waals surface area contributed by atoms with Crippen molar-refractivity contribution in [3.63, 3.8) is 0 Å². The highest BCUT2D eigenvalue weighted by atomic mass is 32.1. The second-order valence-electron chi connectivity index (χ2n) is 14.3. The summed E-state index contributed by atoms with van der Waals surface area (Å²) in [6.45, 7) is 6.74. The van der Waals surface area contributed by atoms with E-state index >= 15 is 0 Å². The SMILES string of the molecule is CC(C)c1nc(C(=O)N2CCOC3(CCN(Cc4ccc(F)c(CCNC[C@H](OC(=O)C(F)(F)F)c5ccc(OC(=O)C(F)(F)F)c6[nH]c(=O)sc56)c4)CC3)C2)cs1. The summed E-state index contributed by atoms with van der Waals surface area (Å²) in [7, 11) is 0. The molecule has 58 heavy (non-hydrogen) atoms. The van der Waals surface area contributed by atoms with E-state index in [0.29, 0.717) is 74.8 Å². The number of H-pyrrole nitrogens is 1. The van der Waals surface area contributed by atoms with Crippen molar-refractivity contribution in [2.75, 3.05) is 45.9 Å². The number of aromatic amines is 1. The van der Waals surface area contributed by atoms with Gasteiger partial charge >= 0.3 is 29.2 Å². The zero-order valence-corrected chi connectivity index (χ0v) is 32.7. The number of alkyl halides is 6. The molecule has 314 valence electrons. The number of likely N-dealkylation sites (tertiary alicyclic amines) is 1. The summed E-state index contributed by atoms with van der Waals surface area (Å²) in [4.78, 5) is 58.7. The van der Waals surface area contributed by atoms with Crippen LogP contribution in [-0.4, -0.2) is 101 Å². The Morgan fingerprint density at radius 3 is 2.43 bits per heavy atom. The molecule has 4 aromatic rings. The summed E-state index contributed by atoms with van der Waals surface area (Å²) in [5.74, 6) is -6.29. The highest BCUT2D eigenvalue weighted by Crippen LogP contribution is 2.36. The van der Waals surface area contributed by atoms with Crippen molar-refractivity contribution in [1.82, 2.24) is 25.1 Å². The van der Waals surface area contributed by atoms with Crippen molar-refractivity contribution in [2.45, 2.75) is 69.6 Å². The van der Waals surface area contributed by atoms with Crippen molar-refractivity contribution in [3.05, 3.63) is 78.6 Å². The summed E-state index contributed by atoms with van der Waals surface area (Å²) >= 11 is 1.86. The molecule has 1 amide bonds. The topological polar surface area (TPSA) is 143 Å². The maximum Gasteiger partial charge on any atom is 0.491 e. The van der Waals surface area contributed by atoms with Crippen LogP contribution >= 0.6 is 22.7 Å². The van der Waals surface area contributed by atoms with Gasteiger partial charge in [-0.1, -0.05) is 37.3 Å². The van der Waals surface area contributed by atoms with Gasteiger partial charge in [0.05, 0.1) is 28.5 Å². The Bertz CT molecular complexity index is 2200. The molecule has 21 heteroatoms. The normalized spacial score (nSPS) is 16.9. The molecule has 0 unspecified atom stereocenters. The number of nitrogens with zero attached hydrogens (tertiary/aromatic N) is 3. The first-order chi connectivity index (χ1) is 27.3. The molecule has 12 nitrogen and oxygen atoms in total. The van der Waals surface area contributed by atoms with Gasteiger partial charge in [-0.15, -0.1) is 11.3 Å². The molecule has 2 fully saturated rings. The van der Waals surface area contributed by atoms with Crippen molar-refractivity contribution >= 4 is 50.7 Å². The van der Waals surface area contributed by atoms with E-state index in [-0.39, 0.29) is 35.1 Å². The molecule has 2 saturated heterocycles. The second-order valence-corrected chi connectivity index (χ2v) is 16.2. The minimum absolute atomic E-state index is 0.00723. The van der Waals surface area contributed by atoms with Gasteiger partial charge in [-0.25, -0.2) is 19.0 Å².